The van der Waals surface area contributed by atoms with Crippen molar-refractivity contribution in [1.82, 2.24) is 0 Å². The molecule has 5 heteroatoms. The lowest BCUT2D eigenvalue weighted by atomic mass is 10.0. The highest BCUT2D eigenvalue weighted by Gasteiger charge is 2.15. The average Bonchev–Trinajstić information content (AvgIpc) is 2.45. The number of nitrogens with one attached hydrogen (secondary N) is 1. The third-order valence-corrected chi connectivity index (χ3v) is 2.84. The molecule has 2 aromatic rings. The van der Waals surface area contributed by atoms with Gasteiger partial charge in [0.25, 0.3) is 0 Å². The van der Waals surface area contributed by atoms with E-state index in [4.69, 9.17) is 5.26 Å². The molecule has 0 amide bonds. The van der Waals surface area contributed by atoms with Crippen LogP contribution in [0.2, 0.25) is 0 Å². The van der Waals surface area contributed by atoms with Gasteiger partial charge < -0.3 is 5.32 Å². The van der Waals surface area contributed by atoms with Gasteiger partial charge in [-0.2, -0.15) is 5.26 Å². The monoisotopic (exact) mass is 276 g/mol. The number of halogens is 3. The Labute approximate surface area is 114 Å². The van der Waals surface area contributed by atoms with Crippen LogP contribution in [0, 0.1) is 28.8 Å². The molecule has 1 unspecified atom stereocenters. The highest BCUT2D eigenvalue weighted by Crippen LogP contribution is 2.25. The first-order valence-electron chi connectivity index (χ1n) is 5.95. The Kier molecular flexibility index (Phi) is 4.26. The zero-order valence-corrected chi connectivity index (χ0v) is 10.4. The fourth-order valence-corrected chi connectivity index (χ4v) is 1.85. The maximum Gasteiger partial charge on any atom is 0.161 e. The van der Waals surface area contributed by atoms with Gasteiger partial charge in [-0.15, -0.1) is 0 Å². The fraction of sp³-hybridized carbons (Fsp3) is 0.133. The van der Waals surface area contributed by atoms with Crippen molar-refractivity contribution in [2.75, 3.05) is 5.32 Å². The summed E-state index contributed by atoms with van der Waals surface area (Å²) in [6, 6.07) is 11.6. The van der Waals surface area contributed by atoms with E-state index in [1.165, 1.54) is 0 Å². The van der Waals surface area contributed by atoms with Gasteiger partial charge in [0.2, 0.25) is 0 Å². The topological polar surface area (TPSA) is 35.8 Å². The molecule has 0 aliphatic carbocycles. The lowest BCUT2D eigenvalue weighted by Gasteiger charge is -2.18. The van der Waals surface area contributed by atoms with Gasteiger partial charge in [-0.05, 0) is 5.56 Å². The van der Waals surface area contributed by atoms with Crippen molar-refractivity contribution in [3.63, 3.8) is 0 Å². The summed E-state index contributed by atoms with van der Waals surface area (Å²) in [4.78, 5) is 0. The normalized spacial score (nSPS) is 11.7. The van der Waals surface area contributed by atoms with Crippen LogP contribution in [0.25, 0.3) is 0 Å². The molecule has 1 atom stereocenters. The van der Waals surface area contributed by atoms with Crippen LogP contribution in [0.15, 0.2) is 42.5 Å². The van der Waals surface area contributed by atoms with Gasteiger partial charge in [0.15, 0.2) is 11.6 Å². The molecule has 2 rings (SSSR count). The first-order valence-corrected chi connectivity index (χ1v) is 5.95. The maximum atomic E-state index is 13.6. The highest BCUT2D eigenvalue weighted by molar-refractivity contribution is 5.47. The van der Waals surface area contributed by atoms with Crippen molar-refractivity contribution >= 4 is 5.69 Å². The van der Waals surface area contributed by atoms with Gasteiger partial charge in [-0.1, -0.05) is 30.3 Å². The fourth-order valence-electron chi connectivity index (χ4n) is 1.85. The van der Waals surface area contributed by atoms with Crippen LogP contribution < -0.4 is 5.32 Å². The molecule has 2 aromatic carbocycles. The van der Waals surface area contributed by atoms with E-state index < -0.39 is 23.5 Å². The van der Waals surface area contributed by atoms with Crippen LogP contribution in [-0.4, -0.2) is 0 Å². The second-order valence-corrected chi connectivity index (χ2v) is 4.22. The molecule has 0 bridgehead atoms. The van der Waals surface area contributed by atoms with Crippen molar-refractivity contribution in [3.05, 3.63) is 65.5 Å². The second kappa shape index (κ2) is 6.11. The Morgan fingerprint density at radius 1 is 1.00 bits per heavy atom. The van der Waals surface area contributed by atoms with Gasteiger partial charge in [0.05, 0.1) is 24.2 Å². The summed E-state index contributed by atoms with van der Waals surface area (Å²) in [5.41, 5.74) is 0.589. The van der Waals surface area contributed by atoms with E-state index in [1.54, 1.807) is 24.3 Å². The van der Waals surface area contributed by atoms with Gasteiger partial charge >= 0.3 is 0 Å². The van der Waals surface area contributed by atoms with E-state index in [9.17, 15) is 13.2 Å². The summed E-state index contributed by atoms with van der Waals surface area (Å²) < 4.78 is 39.6. The lowest BCUT2D eigenvalue weighted by molar-refractivity contribution is 0.495. The molecule has 0 aliphatic rings. The Bertz CT molecular complexity index is 636. The van der Waals surface area contributed by atoms with E-state index in [0.717, 1.165) is 11.6 Å². The maximum absolute atomic E-state index is 13.6. The van der Waals surface area contributed by atoms with Gasteiger partial charge in [0, 0.05) is 12.1 Å². The van der Waals surface area contributed by atoms with E-state index in [0.29, 0.717) is 6.07 Å². The van der Waals surface area contributed by atoms with Crippen LogP contribution in [0.3, 0.4) is 0 Å². The minimum absolute atomic E-state index is 0.0719. The van der Waals surface area contributed by atoms with Crippen molar-refractivity contribution in [3.8, 4) is 6.07 Å². The first kappa shape index (κ1) is 13.9. The Morgan fingerprint density at radius 3 is 2.30 bits per heavy atom. The quantitative estimate of drug-likeness (QED) is 0.851. The summed E-state index contributed by atoms with van der Waals surface area (Å²) in [7, 11) is 0. The van der Waals surface area contributed by atoms with Crippen LogP contribution in [0.4, 0.5) is 18.9 Å². The summed E-state index contributed by atoms with van der Waals surface area (Å²) in [6.45, 7) is 0. The largest absolute Gasteiger partial charge is 0.375 e. The number of nitrogens with zero attached hydrogens (tertiary/aromatic N) is 1. The van der Waals surface area contributed by atoms with Crippen LogP contribution >= 0.6 is 0 Å². The Hall–Kier alpha value is -2.48. The van der Waals surface area contributed by atoms with Gasteiger partial charge in [-0.3, -0.25) is 0 Å². The second-order valence-electron chi connectivity index (χ2n) is 4.22. The van der Waals surface area contributed by atoms with E-state index in [2.05, 4.69) is 5.32 Å². The lowest BCUT2D eigenvalue weighted by Crippen LogP contribution is -2.11. The molecule has 0 heterocycles. The number of anilines is 1. The standard InChI is InChI=1S/C15H11F3N2/c16-11-8-13(18)15(9-12(11)17)20-14(6-7-19)10-4-2-1-3-5-10/h1-5,8-9,14,20H,6H2. The zero-order chi connectivity index (χ0) is 14.5. The molecule has 20 heavy (non-hydrogen) atoms. The van der Waals surface area contributed by atoms with Gasteiger partial charge in [0.1, 0.15) is 5.82 Å². The molecule has 1 N–H and O–H groups in total. The Balaban J connectivity index is 2.30. The molecule has 0 aromatic heterocycles. The van der Waals surface area contributed by atoms with E-state index >= 15 is 0 Å². The molecule has 0 spiro atoms. The molecular weight excluding hydrogens is 265 g/mol. The summed E-state index contributed by atoms with van der Waals surface area (Å²) in [6.07, 6.45) is 0.0719. The molecule has 2 nitrogen and oxygen atoms in total. The molecule has 0 saturated carbocycles. The SMILES string of the molecule is N#CCC(Nc1cc(F)c(F)cc1F)c1ccccc1. The molecule has 0 aliphatic heterocycles. The zero-order valence-electron chi connectivity index (χ0n) is 10.4. The van der Waals surface area contributed by atoms with Crippen molar-refractivity contribution in [2.24, 2.45) is 0 Å². The minimum Gasteiger partial charge on any atom is -0.375 e. The molecule has 102 valence electrons. The molecule has 0 fully saturated rings. The summed E-state index contributed by atoms with van der Waals surface area (Å²) >= 11 is 0. The number of benzene rings is 2. The number of nitriles is 1. The highest BCUT2D eigenvalue weighted by atomic mass is 19.2. The third kappa shape index (κ3) is 3.09. The number of hydrogen-bond donors (Lipinski definition) is 1. The number of hydrogen-bond acceptors (Lipinski definition) is 2. The predicted molar refractivity (Wildman–Crippen MR) is 69.4 cm³/mol. The van der Waals surface area contributed by atoms with Crippen LogP contribution in [0.1, 0.15) is 18.0 Å². The first-order chi connectivity index (χ1) is 9.61. The minimum atomic E-state index is -1.25. The van der Waals surface area contributed by atoms with Crippen LogP contribution in [0.5, 0.6) is 0 Å². The predicted octanol–water partition coefficient (Wildman–Crippen LogP) is 4.17. The van der Waals surface area contributed by atoms with E-state index in [-0.39, 0.29) is 12.1 Å². The summed E-state index contributed by atoms with van der Waals surface area (Å²) in [5, 5.41) is 11.6. The molecule has 0 saturated heterocycles. The Morgan fingerprint density at radius 2 is 1.65 bits per heavy atom. The van der Waals surface area contributed by atoms with Gasteiger partial charge in [-0.25, -0.2) is 13.2 Å². The molecular formula is C15H11F3N2. The number of rotatable bonds is 4. The van der Waals surface area contributed by atoms with Crippen molar-refractivity contribution < 1.29 is 13.2 Å². The average molecular weight is 276 g/mol. The smallest absolute Gasteiger partial charge is 0.161 e. The molecule has 0 radical (unpaired) electrons. The van der Waals surface area contributed by atoms with Crippen LogP contribution in [-0.2, 0) is 0 Å². The summed E-state index contributed by atoms with van der Waals surface area (Å²) in [5.74, 6) is -3.29. The van der Waals surface area contributed by atoms with E-state index in [1.807, 2.05) is 12.1 Å². The van der Waals surface area contributed by atoms with Crippen molar-refractivity contribution in [2.45, 2.75) is 12.5 Å². The third-order valence-electron chi connectivity index (χ3n) is 2.84. The van der Waals surface area contributed by atoms with Crippen molar-refractivity contribution in [1.29, 1.82) is 5.26 Å².